The van der Waals surface area contributed by atoms with E-state index in [1.807, 2.05) is 49.4 Å². The van der Waals surface area contributed by atoms with Crippen LogP contribution in [0.2, 0.25) is 0 Å². The van der Waals surface area contributed by atoms with Gasteiger partial charge in [-0.25, -0.2) is 22.8 Å². The standard InChI is InChI=1S/C17H18N4O2S/c1-14(20-24(22,23)11-15-5-3-2-4-6-15)16-7-9-17(10-8-16)21-13-18-12-19-21/h2-10,12-14,20H,11H2,1H3/t14-/m1/s1. The molecule has 1 atom stereocenters. The van der Waals surface area contributed by atoms with E-state index in [0.717, 1.165) is 16.8 Å². The van der Waals surface area contributed by atoms with E-state index < -0.39 is 10.0 Å². The summed E-state index contributed by atoms with van der Waals surface area (Å²) in [6.07, 6.45) is 3.08. The van der Waals surface area contributed by atoms with Crippen LogP contribution in [-0.2, 0) is 15.8 Å². The topological polar surface area (TPSA) is 76.9 Å². The summed E-state index contributed by atoms with van der Waals surface area (Å²) >= 11 is 0. The highest BCUT2D eigenvalue weighted by Crippen LogP contribution is 2.17. The molecule has 0 aliphatic carbocycles. The zero-order valence-corrected chi connectivity index (χ0v) is 14.0. The molecule has 0 saturated heterocycles. The fraction of sp³-hybridized carbons (Fsp3) is 0.176. The lowest BCUT2D eigenvalue weighted by atomic mass is 10.1. The second kappa shape index (κ2) is 6.94. The molecule has 0 aliphatic rings. The summed E-state index contributed by atoms with van der Waals surface area (Å²) in [7, 11) is -3.41. The van der Waals surface area contributed by atoms with Gasteiger partial charge in [0.1, 0.15) is 12.7 Å². The van der Waals surface area contributed by atoms with Crippen LogP contribution in [0.15, 0.2) is 67.3 Å². The number of rotatable bonds is 6. The molecule has 3 aromatic rings. The van der Waals surface area contributed by atoms with Crippen LogP contribution >= 0.6 is 0 Å². The molecule has 124 valence electrons. The molecule has 0 amide bonds. The highest BCUT2D eigenvalue weighted by atomic mass is 32.2. The molecular formula is C17H18N4O2S. The minimum Gasteiger partial charge on any atom is -0.223 e. The van der Waals surface area contributed by atoms with Crippen LogP contribution in [0.25, 0.3) is 5.69 Å². The van der Waals surface area contributed by atoms with Crippen molar-refractivity contribution in [1.82, 2.24) is 19.5 Å². The van der Waals surface area contributed by atoms with E-state index in [1.54, 1.807) is 23.1 Å². The van der Waals surface area contributed by atoms with Crippen molar-refractivity contribution in [2.24, 2.45) is 0 Å². The van der Waals surface area contributed by atoms with Crippen molar-refractivity contribution < 1.29 is 8.42 Å². The minimum absolute atomic E-state index is 0.0325. The highest BCUT2D eigenvalue weighted by molar-refractivity contribution is 7.88. The Bertz CT molecular complexity index is 876. The van der Waals surface area contributed by atoms with Gasteiger partial charge in [-0.05, 0) is 30.2 Å². The smallest absolute Gasteiger partial charge is 0.216 e. The predicted octanol–water partition coefficient (Wildman–Crippen LogP) is 2.45. The van der Waals surface area contributed by atoms with Crippen molar-refractivity contribution >= 4 is 10.0 Å². The molecule has 1 aromatic heterocycles. The molecule has 6 nitrogen and oxygen atoms in total. The monoisotopic (exact) mass is 342 g/mol. The number of nitrogens with zero attached hydrogens (tertiary/aromatic N) is 3. The first-order valence-corrected chi connectivity index (χ1v) is 9.18. The zero-order valence-electron chi connectivity index (χ0n) is 13.2. The van der Waals surface area contributed by atoms with E-state index >= 15 is 0 Å². The summed E-state index contributed by atoms with van der Waals surface area (Å²) in [6.45, 7) is 1.83. The van der Waals surface area contributed by atoms with Gasteiger partial charge in [0.05, 0.1) is 11.4 Å². The fourth-order valence-electron chi connectivity index (χ4n) is 2.43. The molecule has 0 fully saturated rings. The van der Waals surface area contributed by atoms with Gasteiger partial charge < -0.3 is 0 Å². The molecular weight excluding hydrogens is 324 g/mol. The summed E-state index contributed by atoms with van der Waals surface area (Å²) in [5, 5.41) is 4.06. The van der Waals surface area contributed by atoms with Crippen molar-refractivity contribution in [1.29, 1.82) is 0 Å². The Morgan fingerprint density at radius 1 is 1.08 bits per heavy atom. The summed E-state index contributed by atoms with van der Waals surface area (Å²) < 4.78 is 29.0. The Morgan fingerprint density at radius 3 is 2.42 bits per heavy atom. The molecule has 24 heavy (non-hydrogen) atoms. The van der Waals surface area contributed by atoms with Gasteiger partial charge in [0.15, 0.2) is 0 Å². The van der Waals surface area contributed by atoms with Crippen molar-refractivity contribution in [2.45, 2.75) is 18.7 Å². The van der Waals surface area contributed by atoms with Crippen LogP contribution in [-0.4, -0.2) is 23.2 Å². The maximum Gasteiger partial charge on any atom is 0.216 e. The lowest BCUT2D eigenvalue weighted by Crippen LogP contribution is -2.28. The van der Waals surface area contributed by atoms with Crippen LogP contribution < -0.4 is 4.72 Å². The van der Waals surface area contributed by atoms with Crippen LogP contribution in [0.3, 0.4) is 0 Å². The zero-order chi connectivity index (χ0) is 17.0. The molecule has 0 radical (unpaired) electrons. The fourth-order valence-corrected chi connectivity index (χ4v) is 3.82. The first kappa shape index (κ1) is 16.4. The Hall–Kier alpha value is -2.51. The summed E-state index contributed by atoms with van der Waals surface area (Å²) in [5.74, 6) is -0.0325. The average molecular weight is 342 g/mol. The normalized spacial score (nSPS) is 12.9. The minimum atomic E-state index is -3.41. The average Bonchev–Trinajstić information content (AvgIpc) is 3.09. The molecule has 0 unspecified atom stereocenters. The van der Waals surface area contributed by atoms with Gasteiger partial charge in [0, 0.05) is 6.04 Å². The summed E-state index contributed by atoms with van der Waals surface area (Å²) in [6, 6.07) is 16.3. The second-order valence-corrected chi connectivity index (χ2v) is 7.27. The largest absolute Gasteiger partial charge is 0.223 e. The van der Waals surface area contributed by atoms with Gasteiger partial charge in [-0.3, -0.25) is 0 Å². The third-order valence-electron chi connectivity index (χ3n) is 3.63. The first-order chi connectivity index (χ1) is 11.5. The number of hydrogen-bond acceptors (Lipinski definition) is 4. The summed E-state index contributed by atoms with van der Waals surface area (Å²) in [4.78, 5) is 3.90. The lowest BCUT2D eigenvalue weighted by Gasteiger charge is -2.15. The second-order valence-electron chi connectivity index (χ2n) is 5.52. The Labute approximate surface area is 141 Å². The highest BCUT2D eigenvalue weighted by Gasteiger charge is 2.16. The molecule has 0 aliphatic heterocycles. The van der Waals surface area contributed by atoms with Crippen LogP contribution in [0.5, 0.6) is 0 Å². The van der Waals surface area contributed by atoms with Gasteiger partial charge >= 0.3 is 0 Å². The van der Waals surface area contributed by atoms with E-state index in [4.69, 9.17) is 0 Å². The molecule has 0 saturated carbocycles. The van der Waals surface area contributed by atoms with Gasteiger partial charge in [0.25, 0.3) is 0 Å². The number of nitrogens with one attached hydrogen (secondary N) is 1. The van der Waals surface area contributed by atoms with Gasteiger partial charge in [-0.2, -0.15) is 5.10 Å². The molecule has 1 heterocycles. The Kier molecular flexibility index (Phi) is 4.73. The van der Waals surface area contributed by atoms with E-state index in [0.29, 0.717) is 0 Å². The van der Waals surface area contributed by atoms with Gasteiger partial charge in [-0.1, -0.05) is 42.5 Å². The lowest BCUT2D eigenvalue weighted by molar-refractivity contribution is 0.566. The van der Waals surface area contributed by atoms with Crippen LogP contribution in [0, 0.1) is 0 Å². The Morgan fingerprint density at radius 2 is 1.79 bits per heavy atom. The van der Waals surface area contributed by atoms with E-state index in [1.165, 1.54) is 6.33 Å². The quantitative estimate of drug-likeness (QED) is 0.746. The Balaban J connectivity index is 1.69. The number of aromatic nitrogens is 3. The van der Waals surface area contributed by atoms with E-state index in [9.17, 15) is 8.42 Å². The number of sulfonamides is 1. The molecule has 0 bridgehead atoms. The van der Waals surface area contributed by atoms with Crippen LogP contribution in [0.1, 0.15) is 24.1 Å². The molecule has 3 rings (SSSR count). The third-order valence-corrected chi connectivity index (χ3v) is 5.06. The van der Waals surface area contributed by atoms with Crippen molar-refractivity contribution in [3.63, 3.8) is 0 Å². The number of benzene rings is 2. The summed E-state index contributed by atoms with van der Waals surface area (Å²) in [5.41, 5.74) is 2.52. The first-order valence-electron chi connectivity index (χ1n) is 7.52. The van der Waals surface area contributed by atoms with Crippen molar-refractivity contribution in [3.05, 3.63) is 78.4 Å². The van der Waals surface area contributed by atoms with E-state index in [2.05, 4.69) is 14.8 Å². The van der Waals surface area contributed by atoms with Crippen molar-refractivity contribution in [3.8, 4) is 5.69 Å². The van der Waals surface area contributed by atoms with Crippen LogP contribution in [0.4, 0.5) is 0 Å². The SMILES string of the molecule is C[C@@H](NS(=O)(=O)Cc1ccccc1)c1ccc(-n2cncn2)cc1. The van der Waals surface area contributed by atoms with Gasteiger partial charge in [-0.15, -0.1) is 0 Å². The third kappa shape index (κ3) is 4.06. The van der Waals surface area contributed by atoms with E-state index in [-0.39, 0.29) is 11.8 Å². The molecule has 1 N–H and O–H groups in total. The molecule has 0 spiro atoms. The maximum atomic E-state index is 12.3. The van der Waals surface area contributed by atoms with Crippen molar-refractivity contribution in [2.75, 3.05) is 0 Å². The predicted molar refractivity (Wildman–Crippen MR) is 92.0 cm³/mol. The molecule has 2 aromatic carbocycles. The van der Waals surface area contributed by atoms with Gasteiger partial charge in [0.2, 0.25) is 10.0 Å². The maximum absolute atomic E-state index is 12.3. The molecule has 7 heteroatoms. The number of hydrogen-bond donors (Lipinski definition) is 1.